The molecule has 38 heavy (non-hydrogen) atoms. The van der Waals surface area contributed by atoms with Gasteiger partial charge in [0.1, 0.15) is 0 Å². The van der Waals surface area contributed by atoms with Crippen molar-refractivity contribution in [1.82, 2.24) is 0 Å². The van der Waals surface area contributed by atoms with Crippen LogP contribution in [-0.4, -0.2) is 4.21 Å². The van der Waals surface area contributed by atoms with Gasteiger partial charge in [0.2, 0.25) is 0 Å². The summed E-state index contributed by atoms with van der Waals surface area (Å²) in [4.78, 5) is 0. The Morgan fingerprint density at radius 3 is 2.11 bits per heavy atom. The first-order chi connectivity index (χ1) is 17.0. The first kappa shape index (κ1) is 31.0. The van der Waals surface area contributed by atoms with E-state index in [2.05, 4.69) is 119 Å². The van der Waals surface area contributed by atoms with Crippen molar-refractivity contribution in [3.63, 3.8) is 0 Å². The molecule has 3 heteroatoms. The van der Waals surface area contributed by atoms with E-state index in [-0.39, 0.29) is 30.2 Å². The van der Waals surface area contributed by atoms with Crippen LogP contribution in [0.3, 0.4) is 0 Å². The van der Waals surface area contributed by atoms with Crippen LogP contribution in [0, 0.1) is 18.3 Å². The molecule has 0 aliphatic heterocycles. The standard InChI is InChI=1S/C13H9.C13H21.C7H7.CH3.CH2.2ClH.Zr/c1-3-7-12-10(5-1)9-11-6-2-4-8-13(11)12;1-6-10-8-11(7-2)12(9-10)13(3,4)5;1-7-5-3-2-4-6-7;;;;;/h1-5,7-8H,9H2;9-10H,6-7H2,1-5H3;3-6H,1H3;1H3;1H2;2*1H;. The van der Waals surface area contributed by atoms with Gasteiger partial charge in [0.25, 0.3) is 0 Å². The molecule has 0 fully saturated rings. The quantitative estimate of drug-likeness (QED) is 0.207. The number of halogens is 2. The van der Waals surface area contributed by atoms with Crippen molar-refractivity contribution >= 4 is 35.6 Å². The van der Waals surface area contributed by atoms with Crippen LogP contribution in [0.25, 0.3) is 11.1 Å². The molecule has 1 atom stereocenters. The molecule has 0 N–H and O–H groups in total. The van der Waals surface area contributed by atoms with Crippen molar-refractivity contribution in [2.45, 2.75) is 65.4 Å². The van der Waals surface area contributed by atoms with Gasteiger partial charge in [-0.25, -0.2) is 0 Å². The van der Waals surface area contributed by atoms with Crippen LogP contribution >= 0.6 is 24.8 Å². The second-order valence-corrected chi connectivity index (χ2v) is 26.6. The Kier molecular flexibility index (Phi) is 8.81. The summed E-state index contributed by atoms with van der Waals surface area (Å²) in [6.07, 6.45) is 5.85. The predicted octanol–water partition coefficient (Wildman–Crippen LogP) is 9.21. The number of allylic oxidation sites excluding steroid dienone is 4. The van der Waals surface area contributed by atoms with E-state index < -0.39 is 18.3 Å². The predicted molar refractivity (Wildman–Crippen MR) is 171 cm³/mol. The molecule has 0 heterocycles. The minimum atomic E-state index is -4.28. The molecule has 0 spiro atoms. The fourth-order valence-corrected chi connectivity index (χ4v) is 22.0. The van der Waals surface area contributed by atoms with Gasteiger partial charge >= 0.3 is 221 Å². The zero-order valence-corrected chi connectivity index (χ0v) is 28.2. The van der Waals surface area contributed by atoms with Gasteiger partial charge in [-0.15, -0.1) is 24.8 Å². The Labute approximate surface area is 244 Å². The van der Waals surface area contributed by atoms with Crippen LogP contribution in [0.4, 0.5) is 0 Å². The molecule has 2 aliphatic carbocycles. The monoisotopic (exact) mass is 624 g/mol. The van der Waals surface area contributed by atoms with Crippen molar-refractivity contribution in [3.8, 4) is 11.1 Å². The number of hydrogen-bond acceptors (Lipinski definition) is 0. The third-order valence-corrected chi connectivity index (χ3v) is 23.8. The molecule has 3 aromatic rings. The molecule has 3 aromatic carbocycles. The molecule has 0 saturated heterocycles. The van der Waals surface area contributed by atoms with Gasteiger partial charge in [0.05, 0.1) is 0 Å². The summed E-state index contributed by atoms with van der Waals surface area (Å²) in [6.45, 7) is 14.1. The average Bonchev–Trinajstić information content (AvgIpc) is 3.43. The molecule has 0 aromatic heterocycles. The van der Waals surface area contributed by atoms with Crippen LogP contribution in [0.1, 0.15) is 64.2 Å². The van der Waals surface area contributed by atoms with Gasteiger partial charge in [-0.3, -0.25) is 0 Å². The van der Waals surface area contributed by atoms with Crippen molar-refractivity contribution in [2.24, 2.45) is 11.3 Å². The van der Waals surface area contributed by atoms with E-state index in [1.54, 1.807) is 17.7 Å². The molecular weight excluding hydrogens is 583 g/mol. The second-order valence-electron chi connectivity index (χ2n) is 12.6. The third-order valence-electron chi connectivity index (χ3n) is 9.13. The van der Waals surface area contributed by atoms with E-state index in [9.17, 15) is 0 Å². The van der Waals surface area contributed by atoms with Gasteiger partial charge in [-0.2, -0.15) is 0 Å². The van der Waals surface area contributed by atoms with Crippen molar-refractivity contribution < 1.29 is 18.3 Å². The Balaban J connectivity index is 0.00000200. The zero-order valence-electron chi connectivity index (χ0n) is 24.2. The summed E-state index contributed by atoms with van der Waals surface area (Å²) in [5, 5.41) is 0. The van der Waals surface area contributed by atoms with E-state index in [1.807, 2.05) is 0 Å². The number of aryl methyl sites for hydroxylation is 1. The van der Waals surface area contributed by atoms with Gasteiger partial charge in [0, 0.05) is 0 Å². The summed E-state index contributed by atoms with van der Waals surface area (Å²) in [6, 6.07) is 25.6. The van der Waals surface area contributed by atoms with Crippen molar-refractivity contribution in [2.75, 3.05) is 0 Å². The number of hydrogen-bond donors (Lipinski definition) is 0. The number of benzene rings is 3. The number of fused-ring (bicyclic) bond motifs is 3. The molecule has 0 bridgehead atoms. The summed E-state index contributed by atoms with van der Waals surface area (Å²) >= 11 is -4.28. The first-order valence-electron chi connectivity index (χ1n) is 13.8. The third kappa shape index (κ3) is 4.62. The van der Waals surface area contributed by atoms with Gasteiger partial charge in [-0.1, -0.05) is 0 Å². The molecule has 1 unspecified atom stereocenters. The van der Waals surface area contributed by atoms with E-state index in [1.165, 1.54) is 31.1 Å². The molecule has 0 nitrogen and oxygen atoms in total. The first-order valence-corrected chi connectivity index (χ1v) is 21.7. The summed E-state index contributed by atoms with van der Waals surface area (Å²) in [5.74, 6) is 0.461. The molecular formula is C35H44Cl2Zr. The SMILES string of the molecule is Cl.Cl.[CH2]=[Zr]([CH3])([C]1=C(CC)C(C(C)(C)C)=CC1CC)([c]1ccc(C)cc1)[c]1cccc2c1Cc1ccccc1-2. The second kappa shape index (κ2) is 10.8. The summed E-state index contributed by atoms with van der Waals surface area (Å²) in [7, 11) is 0. The van der Waals surface area contributed by atoms with Crippen LogP contribution in [0.5, 0.6) is 0 Å². The topological polar surface area (TPSA) is 0 Å². The molecule has 0 saturated carbocycles. The molecule has 202 valence electrons. The van der Waals surface area contributed by atoms with E-state index in [0.29, 0.717) is 5.92 Å². The fraction of sp³-hybridized carbons (Fsp3) is 0.343. The zero-order chi connectivity index (χ0) is 25.9. The van der Waals surface area contributed by atoms with Crippen LogP contribution in [0.2, 0.25) is 4.63 Å². The van der Waals surface area contributed by atoms with E-state index >= 15 is 0 Å². The Hall–Kier alpha value is -1.53. The Morgan fingerprint density at radius 1 is 0.868 bits per heavy atom. The van der Waals surface area contributed by atoms with Gasteiger partial charge < -0.3 is 0 Å². The van der Waals surface area contributed by atoms with Crippen LogP contribution in [0.15, 0.2) is 87.2 Å². The Bertz CT molecular complexity index is 1480. The van der Waals surface area contributed by atoms with Gasteiger partial charge in [-0.05, 0) is 0 Å². The van der Waals surface area contributed by atoms with Crippen molar-refractivity contribution in [1.29, 1.82) is 0 Å². The summed E-state index contributed by atoms with van der Waals surface area (Å²) in [5.41, 5.74) is 10.4. The van der Waals surface area contributed by atoms with E-state index in [0.717, 1.165) is 19.3 Å². The summed E-state index contributed by atoms with van der Waals surface area (Å²) < 4.78 is 12.9. The fourth-order valence-electron chi connectivity index (χ4n) is 7.32. The number of rotatable bonds is 5. The van der Waals surface area contributed by atoms with Gasteiger partial charge in [0.15, 0.2) is 0 Å². The van der Waals surface area contributed by atoms with Crippen LogP contribution in [-0.2, 0) is 24.7 Å². The maximum atomic E-state index is 5.53. The molecule has 0 radical (unpaired) electrons. The van der Waals surface area contributed by atoms with Crippen LogP contribution < -0.4 is 6.54 Å². The maximum absolute atomic E-state index is 5.53. The Morgan fingerprint density at radius 2 is 1.50 bits per heavy atom. The normalized spacial score (nSPS) is 16.8. The molecule has 5 rings (SSSR count). The average molecular weight is 627 g/mol. The minimum absolute atomic E-state index is 0. The molecule has 2 aliphatic rings. The van der Waals surface area contributed by atoms with E-state index in [4.69, 9.17) is 4.21 Å². The van der Waals surface area contributed by atoms with Crippen molar-refractivity contribution in [3.05, 3.63) is 104 Å². The molecule has 0 amide bonds.